The zero-order valence-electron chi connectivity index (χ0n) is 23.0. The fourth-order valence-electron chi connectivity index (χ4n) is 5.79. The molecule has 4 aromatic heterocycles. The number of para-hydroxylation sites is 2. The number of piperidine rings is 1. The van der Waals surface area contributed by atoms with Gasteiger partial charge in [0.1, 0.15) is 11.3 Å². The number of hydrogen-bond acceptors (Lipinski definition) is 7. The molecule has 1 aliphatic heterocycles. The fraction of sp³-hybridized carbons (Fsp3) is 0.448. The van der Waals surface area contributed by atoms with Gasteiger partial charge in [-0.05, 0) is 55.5 Å². The number of halogens is 1. The molecule has 1 saturated heterocycles. The Morgan fingerprint density at radius 3 is 2.60 bits per heavy atom. The van der Waals surface area contributed by atoms with Crippen LogP contribution in [-0.2, 0) is 13.5 Å². The first-order valence-corrected chi connectivity index (χ1v) is 14.1. The second kappa shape index (κ2) is 11.3. The van der Waals surface area contributed by atoms with E-state index in [1.54, 1.807) is 0 Å². The van der Waals surface area contributed by atoms with Gasteiger partial charge in [-0.2, -0.15) is 9.97 Å². The lowest BCUT2D eigenvalue weighted by Crippen LogP contribution is -2.39. The average molecular weight is 546 g/mol. The van der Waals surface area contributed by atoms with Crippen molar-refractivity contribution in [3.05, 3.63) is 60.2 Å². The molecule has 40 heavy (non-hydrogen) atoms. The maximum atomic E-state index is 15.3. The third-order valence-corrected chi connectivity index (χ3v) is 7.91. The largest absolute Gasteiger partial charge is 0.395 e. The minimum absolute atomic E-state index is 0.0427. The first-order valence-electron chi connectivity index (χ1n) is 14.1. The molecule has 1 atom stereocenters. The molecule has 0 spiro atoms. The molecular weight excluding hydrogens is 509 g/mol. The molecule has 0 aliphatic carbocycles. The van der Waals surface area contributed by atoms with E-state index < -0.39 is 6.17 Å². The van der Waals surface area contributed by atoms with Gasteiger partial charge < -0.3 is 15.3 Å². The highest BCUT2D eigenvalue weighted by molar-refractivity contribution is 5.87. The molecule has 11 heteroatoms. The maximum absolute atomic E-state index is 15.3. The van der Waals surface area contributed by atoms with Crippen molar-refractivity contribution in [2.45, 2.75) is 44.8 Å². The Labute approximate surface area is 232 Å². The first kappa shape index (κ1) is 26.4. The van der Waals surface area contributed by atoms with Gasteiger partial charge in [-0.25, -0.2) is 9.37 Å². The Morgan fingerprint density at radius 1 is 1.07 bits per heavy atom. The summed E-state index contributed by atoms with van der Waals surface area (Å²) in [5.74, 6) is 1.34. The number of benzene rings is 1. The van der Waals surface area contributed by atoms with E-state index in [1.165, 1.54) is 5.56 Å². The fourth-order valence-corrected chi connectivity index (χ4v) is 5.79. The summed E-state index contributed by atoms with van der Waals surface area (Å²) in [6, 6.07) is 12.1. The van der Waals surface area contributed by atoms with E-state index in [9.17, 15) is 5.11 Å². The Morgan fingerprint density at radius 2 is 1.85 bits per heavy atom. The van der Waals surface area contributed by atoms with Gasteiger partial charge in [0.25, 0.3) is 0 Å². The number of aliphatic hydroxyl groups is 1. The van der Waals surface area contributed by atoms with Crippen LogP contribution in [0.5, 0.6) is 0 Å². The highest BCUT2D eigenvalue weighted by Gasteiger charge is 2.30. The van der Waals surface area contributed by atoms with Gasteiger partial charge in [-0.1, -0.05) is 19.1 Å². The summed E-state index contributed by atoms with van der Waals surface area (Å²) < 4.78 is 21.5. The number of nitrogens with one attached hydrogen (secondary N) is 1. The number of aromatic nitrogens is 7. The van der Waals surface area contributed by atoms with Gasteiger partial charge in [0.2, 0.25) is 5.95 Å². The number of aryl methyl sites for hydroxylation is 1. The number of rotatable bonds is 10. The Kier molecular flexibility index (Phi) is 7.48. The van der Waals surface area contributed by atoms with Gasteiger partial charge in [0.15, 0.2) is 17.6 Å². The third-order valence-electron chi connectivity index (χ3n) is 7.91. The third kappa shape index (κ3) is 4.84. The van der Waals surface area contributed by atoms with Crippen LogP contribution in [0.2, 0.25) is 0 Å². The second-order valence-electron chi connectivity index (χ2n) is 10.4. The number of imidazole rings is 1. The van der Waals surface area contributed by atoms with Crippen LogP contribution in [0.25, 0.3) is 28.0 Å². The predicted octanol–water partition coefficient (Wildman–Crippen LogP) is 4.21. The number of aliphatic hydroxyl groups excluding tert-OH is 1. The molecule has 5 heterocycles. The van der Waals surface area contributed by atoms with Crippen molar-refractivity contribution in [1.82, 2.24) is 38.8 Å². The second-order valence-corrected chi connectivity index (χ2v) is 10.4. The molecular formula is C29H36FN9O. The Balaban J connectivity index is 1.34. The molecule has 5 aromatic rings. The van der Waals surface area contributed by atoms with Crippen molar-refractivity contribution in [2.75, 3.05) is 38.1 Å². The van der Waals surface area contributed by atoms with Gasteiger partial charge in [0.05, 0.1) is 23.7 Å². The summed E-state index contributed by atoms with van der Waals surface area (Å²) in [4.78, 5) is 21.0. The first-order chi connectivity index (χ1) is 19.6. The maximum Gasteiger partial charge on any atom is 0.226 e. The number of hydrogen-bond donors (Lipinski definition) is 2. The summed E-state index contributed by atoms with van der Waals surface area (Å²) in [5, 5.41) is 12.6. The molecule has 1 unspecified atom stereocenters. The molecule has 1 fully saturated rings. The van der Waals surface area contributed by atoms with Crippen molar-refractivity contribution >= 4 is 28.1 Å². The molecule has 2 N–H and O–H groups in total. The van der Waals surface area contributed by atoms with Crippen molar-refractivity contribution < 1.29 is 9.50 Å². The quantitative estimate of drug-likeness (QED) is 0.271. The van der Waals surface area contributed by atoms with E-state index >= 15 is 4.39 Å². The number of pyridine rings is 1. The van der Waals surface area contributed by atoms with Crippen LogP contribution in [0.4, 0.5) is 10.3 Å². The van der Waals surface area contributed by atoms with Crippen LogP contribution >= 0.6 is 0 Å². The van der Waals surface area contributed by atoms with Crippen LogP contribution < -0.4 is 5.32 Å². The molecule has 0 amide bonds. The highest BCUT2D eigenvalue weighted by Crippen LogP contribution is 2.35. The zero-order valence-corrected chi connectivity index (χ0v) is 23.0. The minimum Gasteiger partial charge on any atom is -0.395 e. The predicted molar refractivity (Wildman–Crippen MR) is 153 cm³/mol. The molecule has 6 rings (SSSR count). The molecule has 10 nitrogen and oxygen atoms in total. The number of nitrogens with zero attached hydrogens (tertiary/aromatic N) is 8. The number of anilines is 1. The van der Waals surface area contributed by atoms with Crippen molar-refractivity contribution in [3.63, 3.8) is 0 Å². The van der Waals surface area contributed by atoms with Crippen LogP contribution in [-0.4, -0.2) is 76.7 Å². The highest BCUT2D eigenvalue weighted by atomic mass is 19.1. The van der Waals surface area contributed by atoms with Gasteiger partial charge in [-0.3, -0.25) is 18.9 Å². The van der Waals surface area contributed by atoms with Gasteiger partial charge >= 0.3 is 0 Å². The average Bonchev–Trinajstić information content (AvgIpc) is 3.39. The number of fused-ring (bicyclic) bond motifs is 2. The van der Waals surface area contributed by atoms with E-state index in [0.29, 0.717) is 36.6 Å². The van der Waals surface area contributed by atoms with Crippen LogP contribution in [0.1, 0.15) is 49.8 Å². The van der Waals surface area contributed by atoms with Crippen LogP contribution in [0.3, 0.4) is 0 Å². The summed E-state index contributed by atoms with van der Waals surface area (Å²) in [5.41, 5.74) is 4.51. The standard InChI is InChI=1S/C29H36FN9O/c1-3-22(30)26-33-23-6-4-5-7-24(23)38(26)27-25-28(35-29(34-27)32-15-19-40)39(36(25)2)21-11-17-37(18-12-21)16-10-20-8-13-31-14-9-20/h4-9,13-14,21-22,40H,3,10-12,15-19H2,1-2H3,(H,32,34,35). The van der Waals surface area contributed by atoms with Gasteiger partial charge in [-0.15, -0.1) is 0 Å². The van der Waals surface area contributed by atoms with Gasteiger partial charge in [0, 0.05) is 45.6 Å². The van der Waals surface area contributed by atoms with Crippen molar-refractivity contribution in [3.8, 4) is 5.82 Å². The smallest absolute Gasteiger partial charge is 0.226 e. The Bertz CT molecular complexity index is 1580. The minimum atomic E-state index is -1.23. The summed E-state index contributed by atoms with van der Waals surface area (Å²) in [6.45, 7) is 5.15. The van der Waals surface area contributed by atoms with Crippen molar-refractivity contribution in [1.29, 1.82) is 0 Å². The molecule has 1 aromatic carbocycles. The van der Waals surface area contributed by atoms with E-state index in [0.717, 1.165) is 61.1 Å². The van der Waals surface area contributed by atoms with E-state index in [2.05, 4.69) is 41.7 Å². The Hall–Kier alpha value is -3.83. The summed E-state index contributed by atoms with van der Waals surface area (Å²) in [6.07, 6.45) is 5.83. The molecule has 0 radical (unpaired) electrons. The summed E-state index contributed by atoms with van der Waals surface area (Å²) >= 11 is 0. The van der Waals surface area contributed by atoms with E-state index in [-0.39, 0.29) is 6.61 Å². The SMILES string of the molecule is CCC(F)c1nc2ccccc2n1-c1nc(NCCO)nc2c1n(C)n2C1CCN(CCc2ccncc2)CC1. The molecule has 210 valence electrons. The van der Waals surface area contributed by atoms with Crippen LogP contribution in [0.15, 0.2) is 48.8 Å². The normalized spacial score (nSPS) is 15.8. The topological polar surface area (TPSA) is 102 Å². The van der Waals surface area contributed by atoms with E-state index in [1.807, 2.05) is 55.2 Å². The molecule has 0 saturated carbocycles. The lowest BCUT2D eigenvalue weighted by molar-refractivity contribution is 0.174. The monoisotopic (exact) mass is 545 g/mol. The van der Waals surface area contributed by atoms with E-state index in [4.69, 9.17) is 9.97 Å². The lowest BCUT2D eigenvalue weighted by atomic mass is 10.0. The molecule has 1 aliphatic rings. The summed E-state index contributed by atoms with van der Waals surface area (Å²) in [7, 11) is 2.03. The number of likely N-dealkylation sites (tertiary alicyclic amines) is 1. The molecule has 0 bridgehead atoms. The van der Waals surface area contributed by atoms with Crippen LogP contribution in [0, 0.1) is 0 Å². The van der Waals surface area contributed by atoms with Crippen molar-refractivity contribution in [2.24, 2.45) is 7.05 Å². The lowest BCUT2D eigenvalue weighted by Gasteiger charge is -2.37. The number of alkyl halides is 1. The zero-order chi connectivity index (χ0) is 27.6.